The molecular weight excluding hydrogens is 1520 g/mol. The van der Waals surface area contributed by atoms with Gasteiger partial charge in [0.2, 0.25) is 0 Å². The van der Waals surface area contributed by atoms with Crippen LogP contribution >= 0.6 is 0 Å². The molecule has 0 N–H and O–H groups in total. The summed E-state index contributed by atoms with van der Waals surface area (Å²) in [5.41, 5.74) is 39.9. The number of benzene rings is 14. The lowest BCUT2D eigenvalue weighted by atomic mass is 9.33. The number of fused-ring (bicyclic) bond motifs is 14. The van der Waals surface area contributed by atoms with Gasteiger partial charge in [-0.05, 0) is 257 Å². The van der Waals surface area contributed by atoms with Crippen LogP contribution in [-0.4, -0.2) is 15.8 Å². The third kappa shape index (κ3) is 13.7. The third-order valence-corrected chi connectivity index (χ3v) is 28.3. The van der Waals surface area contributed by atoms with Crippen LogP contribution in [0, 0.1) is 0 Å². The second kappa shape index (κ2) is 28.7. The SMILES string of the molecule is CC(C)(C)c1cc(-c2cc(C(C)(C)C)ccc2N2c3cc(-n4c5ccc(C(C)(C)C)cc5c5cc(C(C)(C)C)ccc54)ccc3B3c4ccc(-n5c6ccccc6c6c7c(ccc65)-c5ccccc5C7(c5ccccc5)c5ccccc5)cc4N(c4ccc(C(C)(C)C)cc4-c4cc(C(C)(C)C)cc(C(C)(C)C)c4)c4cc(C(C)(C)C)cc2c43)cc(C(C)(C)C)c1. The smallest absolute Gasteiger partial charge is 0.252 e. The highest BCUT2D eigenvalue weighted by Gasteiger charge is 2.50. The number of para-hydroxylation sites is 1. The molecule has 0 saturated carbocycles. The summed E-state index contributed by atoms with van der Waals surface area (Å²) >= 11 is 0. The van der Waals surface area contributed by atoms with E-state index in [9.17, 15) is 0 Å². The molecule has 634 valence electrons. The van der Waals surface area contributed by atoms with Crippen LogP contribution in [0.4, 0.5) is 34.1 Å². The zero-order chi connectivity index (χ0) is 89.4. The largest absolute Gasteiger partial charge is 0.311 e. The summed E-state index contributed by atoms with van der Waals surface area (Å²) in [5, 5.41) is 5.03. The van der Waals surface area contributed by atoms with Gasteiger partial charge in [0.05, 0.1) is 38.9 Å². The summed E-state index contributed by atoms with van der Waals surface area (Å²) in [6.07, 6.45) is 0. The Balaban J connectivity index is 0.974. The molecule has 0 bridgehead atoms. The third-order valence-electron chi connectivity index (χ3n) is 28.3. The van der Waals surface area contributed by atoms with Crippen LogP contribution in [0.25, 0.3) is 88.4 Å². The van der Waals surface area contributed by atoms with Crippen molar-refractivity contribution >= 4 is 101 Å². The Morgan fingerprint density at radius 1 is 0.230 bits per heavy atom. The first-order valence-corrected chi connectivity index (χ1v) is 46.2. The highest BCUT2D eigenvalue weighted by atomic mass is 15.2. The molecule has 16 aromatic rings. The van der Waals surface area contributed by atoms with E-state index in [1.165, 1.54) is 172 Å². The van der Waals surface area contributed by atoms with Gasteiger partial charge >= 0.3 is 0 Å². The fraction of sp³-hybridized carbons (Fsp3) is 0.306. The van der Waals surface area contributed by atoms with Gasteiger partial charge in [-0.1, -0.05) is 369 Å². The summed E-state index contributed by atoms with van der Waals surface area (Å²) in [7, 11) is 0. The fourth-order valence-corrected chi connectivity index (χ4v) is 20.9. The van der Waals surface area contributed by atoms with Crippen LogP contribution in [0.2, 0.25) is 0 Å². The Kier molecular flexibility index (Phi) is 19.1. The maximum absolute atomic E-state index is 2.77. The molecule has 0 radical (unpaired) electrons. The average molecular weight is 1650 g/mol. The van der Waals surface area contributed by atoms with Crippen molar-refractivity contribution in [3.63, 3.8) is 0 Å². The maximum Gasteiger partial charge on any atom is 0.252 e. The van der Waals surface area contributed by atoms with Gasteiger partial charge in [0, 0.05) is 66.8 Å². The maximum atomic E-state index is 2.77. The number of aromatic nitrogens is 2. The van der Waals surface area contributed by atoms with Gasteiger partial charge in [0.25, 0.3) is 6.71 Å². The molecule has 19 rings (SSSR count). The van der Waals surface area contributed by atoms with E-state index in [1.807, 2.05) is 0 Å². The number of rotatable bonds is 8. The topological polar surface area (TPSA) is 16.3 Å². The summed E-state index contributed by atoms with van der Waals surface area (Å²) in [6.45, 7) is 64.0. The predicted molar refractivity (Wildman–Crippen MR) is 546 cm³/mol. The minimum Gasteiger partial charge on any atom is -0.311 e. The average Bonchev–Trinajstić information content (AvgIpc) is 1.43. The quantitative estimate of drug-likeness (QED) is 0.141. The zero-order valence-electron chi connectivity index (χ0n) is 79.9. The minimum atomic E-state index is -0.648. The zero-order valence-corrected chi connectivity index (χ0v) is 79.9. The lowest BCUT2D eigenvalue weighted by Crippen LogP contribution is -2.61. The van der Waals surface area contributed by atoms with Gasteiger partial charge in [0.15, 0.2) is 0 Å². The molecule has 0 atom stereocenters. The van der Waals surface area contributed by atoms with Gasteiger partial charge in [-0.3, -0.25) is 0 Å². The van der Waals surface area contributed by atoms with Crippen molar-refractivity contribution in [2.75, 3.05) is 9.80 Å². The van der Waals surface area contributed by atoms with E-state index in [1.54, 1.807) is 0 Å². The fourth-order valence-electron chi connectivity index (χ4n) is 20.9. The summed E-state index contributed by atoms with van der Waals surface area (Å²) in [6, 6.07) is 111. The highest BCUT2D eigenvalue weighted by molar-refractivity contribution is 7.00. The van der Waals surface area contributed by atoms with Crippen LogP contribution in [0.5, 0.6) is 0 Å². The van der Waals surface area contributed by atoms with E-state index < -0.39 is 5.41 Å². The Bertz CT molecular complexity index is 6950. The van der Waals surface area contributed by atoms with Crippen LogP contribution < -0.4 is 26.2 Å². The number of anilines is 6. The van der Waals surface area contributed by atoms with E-state index in [-0.39, 0.29) is 55.4 Å². The first kappa shape index (κ1) is 83.9. The van der Waals surface area contributed by atoms with Crippen molar-refractivity contribution in [2.24, 2.45) is 0 Å². The van der Waals surface area contributed by atoms with Crippen molar-refractivity contribution in [2.45, 2.75) is 241 Å². The molecule has 5 heteroatoms. The van der Waals surface area contributed by atoms with E-state index in [4.69, 9.17) is 0 Å². The Hall–Kier alpha value is -11.7. The van der Waals surface area contributed by atoms with Gasteiger partial charge < -0.3 is 18.9 Å². The van der Waals surface area contributed by atoms with Gasteiger partial charge in [0.1, 0.15) is 0 Å². The van der Waals surface area contributed by atoms with E-state index in [0.717, 1.165) is 39.6 Å². The molecule has 0 unspecified atom stereocenters. The lowest BCUT2D eigenvalue weighted by Gasteiger charge is -2.46. The Morgan fingerprint density at radius 2 is 0.579 bits per heavy atom. The molecule has 0 fully saturated rings. The Morgan fingerprint density at radius 3 is 1.00 bits per heavy atom. The molecule has 4 nitrogen and oxygen atoms in total. The molecule has 0 spiro atoms. The molecule has 4 heterocycles. The van der Waals surface area contributed by atoms with Crippen molar-refractivity contribution in [3.05, 3.63) is 351 Å². The highest BCUT2D eigenvalue weighted by Crippen LogP contribution is 2.61. The van der Waals surface area contributed by atoms with Gasteiger partial charge in [-0.2, -0.15) is 0 Å². The summed E-state index contributed by atoms with van der Waals surface area (Å²) in [5.74, 6) is 0. The van der Waals surface area contributed by atoms with Crippen LogP contribution in [0.1, 0.15) is 259 Å². The molecule has 2 aliphatic heterocycles. The summed E-state index contributed by atoms with van der Waals surface area (Å²) < 4.78 is 5.22. The molecule has 14 aromatic carbocycles. The monoisotopic (exact) mass is 1650 g/mol. The molecule has 1 aliphatic carbocycles. The summed E-state index contributed by atoms with van der Waals surface area (Å²) in [4.78, 5) is 5.53. The van der Waals surface area contributed by atoms with Crippen LogP contribution in [0.3, 0.4) is 0 Å². The second-order valence-corrected chi connectivity index (χ2v) is 46.4. The van der Waals surface area contributed by atoms with Crippen molar-refractivity contribution in [1.82, 2.24) is 9.13 Å². The van der Waals surface area contributed by atoms with Crippen molar-refractivity contribution in [3.8, 4) is 44.8 Å². The van der Waals surface area contributed by atoms with Crippen molar-refractivity contribution < 1.29 is 0 Å². The van der Waals surface area contributed by atoms with E-state index in [2.05, 4.69) is 485 Å². The van der Waals surface area contributed by atoms with E-state index in [0.29, 0.717) is 0 Å². The number of nitrogens with zero attached hydrogens (tertiary/aromatic N) is 4. The normalized spacial score (nSPS) is 14.3. The predicted octanol–water partition coefficient (Wildman–Crippen LogP) is 31.3. The first-order valence-electron chi connectivity index (χ1n) is 46.2. The van der Waals surface area contributed by atoms with Gasteiger partial charge in [-0.25, -0.2) is 0 Å². The second-order valence-electron chi connectivity index (χ2n) is 46.4. The first-order chi connectivity index (χ1) is 59.2. The van der Waals surface area contributed by atoms with Gasteiger partial charge in [-0.15, -0.1) is 0 Å². The minimum absolute atomic E-state index is 0.0684. The molecule has 2 aromatic heterocycles. The number of hydrogen-bond acceptors (Lipinski definition) is 2. The molecule has 126 heavy (non-hydrogen) atoms. The molecular formula is C121H127BN4. The number of hydrogen-bond donors (Lipinski definition) is 0. The van der Waals surface area contributed by atoms with Crippen LogP contribution in [-0.2, 0) is 54.1 Å². The molecule has 0 saturated heterocycles. The van der Waals surface area contributed by atoms with Crippen LogP contribution in [0.15, 0.2) is 279 Å². The molecule has 0 amide bonds. The van der Waals surface area contributed by atoms with Crippen molar-refractivity contribution in [1.29, 1.82) is 0 Å². The Labute approximate surface area is 751 Å². The lowest BCUT2D eigenvalue weighted by molar-refractivity contribution is 0.568. The van der Waals surface area contributed by atoms with E-state index >= 15 is 0 Å². The molecule has 3 aliphatic rings. The standard InChI is InChI=1S/C121H127BN4/c1-112(2,3)78-46-55-100(92(66-78)74-60-82(116(13,14)15)64-83(61-74)117(16,17)18)125-105-72-87(123-102-57-48-80(114(7,8)9)68-94(102)95-69-81(115(10,11)12)49-58-103(95)123)50-53-97(105)122-98-54-51-88(124-99-45-37-35-43-91(99)109-104(124)59-52-90-89-42-34-36-44-96(89)121(110(90)109,76-38-30-28-31-39-76)77-40-32-29-33-41-77)73-106(98)126(108-71-86(120(25,26)27)70-107(125)111(108)122)101-56-47-79(113(4,5)6)67-93(101)75-62-84(118(19,20)21)65-85(63-75)119(22,23)24/h28-73H,1-27H3.